The van der Waals surface area contributed by atoms with Gasteiger partial charge in [-0.15, -0.1) is 0 Å². The number of thiazole rings is 1. The lowest BCUT2D eigenvalue weighted by atomic mass is 10.2. The third-order valence-electron chi connectivity index (χ3n) is 5.02. The van der Waals surface area contributed by atoms with Crippen molar-refractivity contribution in [3.63, 3.8) is 0 Å². The molecule has 31 heavy (non-hydrogen) atoms. The molecule has 1 aliphatic rings. The minimum Gasteiger partial charge on any atom is -0.376 e. The van der Waals surface area contributed by atoms with Gasteiger partial charge in [0.2, 0.25) is 5.91 Å². The first kappa shape index (κ1) is 21.3. The fourth-order valence-corrected chi connectivity index (χ4v) is 4.43. The summed E-state index contributed by atoms with van der Waals surface area (Å²) in [4.78, 5) is 31.4. The molecular weight excluding hydrogens is 424 g/mol. The molecule has 1 N–H and O–H groups in total. The Bertz CT molecular complexity index is 1070. The van der Waals surface area contributed by atoms with Crippen molar-refractivity contribution >= 4 is 38.5 Å². The van der Waals surface area contributed by atoms with Crippen molar-refractivity contribution in [2.45, 2.75) is 25.4 Å². The zero-order valence-corrected chi connectivity index (χ0v) is 17.5. The maximum absolute atomic E-state index is 13.8. The molecule has 0 radical (unpaired) electrons. The largest absolute Gasteiger partial charge is 0.376 e. The number of fused-ring (bicyclic) bond motifs is 1. The van der Waals surface area contributed by atoms with E-state index in [-0.39, 0.29) is 30.5 Å². The summed E-state index contributed by atoms with van der Waals surface area (Å²) >= 11 is 1.42. The van der Waals surface area contributed by atoms with Gasteiger partial charge in [-0.25, -0.2) is 13.8 Å². The molecule has 0 spiro atoms. The topological polar surface area (TPSA) is 71.5 Å². The van der Waals surface area contributed by atoms with Crippen molar-refractivity contribution in [2.24, 2.45) is 0 Å². The van der Waals surface area contributed by atoms with E-state index >= 15 is 0 Å². The number of para-hydroxylation sites is 1. The van der Waals surface area contributed by atoms with Crippen molar-refractivity contribution in [1.82, 2.24) is 10.3 Å². The van der Waals surface area contributed by atoms with Crippen LogP contribution in [-0.2, 0) is 9.53 Å². The Balaban J connectivity index is 1.43. The van der Waals surface area contributed by atoms with Gasteiger partial charge in [0.05, 0.1) is 28.4 Å². The SMILES string of the molecule is O=C(NCCC(=O)N(CC1CCCO1)c1nc2ccccc2s1)c1ccc(F)cc1F. The molecule has 1 unspecified atom stereocenters. The summed E-state index contributed by atoms with van der Waals surface area (Å²) in [6.07, 6.45) is 1.78. The van der Waals surface area contributed by atoms with Crippen LogP contribution in [-0.4, -0.2) is 42.6 Å². The van der Waals surface area contributed by atoms with E-state index in [1.54, 1.807) is 4.90 Å². The summed E-state index contributed by atoms with van der Waals surface area (Å²) in [5.41, 5.74) is 0.545. The van der Waals surface area contributed by atoms with E-state index in [1.165, 1.54) is 11.3 Å². The summed E-state index contributed by atoms with van der Waals surface area (Å²) in [7, 11) is 0. The predicted octanol–water partition coefficient (Wildman–Crippen LogP) is 3.91. The highest BCUT2D eigenvalue weighted by Gasteiger charge is 2.26. The number of anilines is 1. The number of ether oxygens (including phenoxy) is 1. The molecule has 6 nitrogen and oxygen atoms in total. The first-order chi connectivity index (χ1) is 15.0. The first-order valence-electron chi connectivity index (χ1n) is 10.0. The standard InChI is InChI=1S/C22H21F2N3O3S/c23-14-7-8-16(17(24)12-14)21(29)25-10-9-20(28)27(13-15-4-3-11-30-15)22-26-18-5-1-2-6-19(18)31-22/h1-2,5-8,12,15H,3-4,9-11,13H2,(H,25,29). The van der Waals surface area contributed by atoms with E-state index < -0.39 is 17.5 Å². The van der Waals surface area contributed by atoms with Crippen molar-refractivity contribution in [1.29, 1.82) is 0 Å². The fraction of sp³-hybridized carbons (Fsp3) is 0.318. The van der Waals surface area contributed by atoms with Gasteiger partial charge >= 0.3 is 0 Å². The molecule has 1 fully saturated rings. The van der Waals surface area contributed by atoms with Crippen LogP contribution in [0.25, 0.3) is 10.2 Å². The lowest BCUT2D eigenvalue weighted by Gasteiger charge is -2.23. The van der Waals surface area contributed by atoms with E-state index in [2.05, 4.69) is 10.3 Å². The second-order valence-corrected chi connectivity index (χ2v) is 8.24. The highest BCUT2D eigenvalue weighted by molar-refractivity contribution is 7.22. The number of nitrogens with zero attached hydrogens (tertiary/aromatic N) is 2. The van der Waals surface area contributed by atoms with Crippen molar-refractivity contribution in [3.05, 3.63) is 59.7 Å². The number of nitrogens with one attached hydrogen (secondary N) is 1. The Hall–Kier alpha value is -2.91. The third kappa shape index (κ3) is 5.05. The number of aromatic nitrogens is 1. The van der Waals surface area contributed by atoms with Gasteiger partial charge < -0.3 is 10.1 Å². The minimum atomic E-state index is -0.946. The molecule has 0 saturated carbocycles. The number of hydrogen-bond acceptors (Lipinski definition) is 5. The first-order valence-corrected chi connectivity index (χ1v) is 10.8. The summed E-state index contributed by atoms with van der Waals surface area (Å²) in [5, 5.41) is 3.10. The number of hydrogen-bond donors (Lipinski definition) is 1. The van der Waals surface area contributed by atoms with Crippen LogP contribution in [0.2, 0.25) is 0 Å². The van der Waals surface area contributed by atoms with Crippen molar-refractivity contribution in [3.8, 4) is 0 Å². The van der Waals surface area contributed by atoms with E-state index in [1.807, 2.05) is 24.3 Å². The van der Waals surface area contributed by atoms with Crippen LogP contribution in [0, 0.1) is 11.6 Å². The van der Waals surface area contributed by atoms with Crippen LogP contribution in [0.5, 0.6) is 0 Å². The van der Waals surface area contributed by atoms with Crippen LogP contribution >= 0.6 is 11.3 Å². The van der Waals surface area contributed by atoms with Crippen LogP contribution in [0.3, 0.4) is 0 Å². The summed E-state index contributed by atoms with van der Waals surface area (Å²) in [5.74, 6) is -2.62. The predicted molar refractivity (Wildman–Crippen MR) is 114 cm³/mol. The number of carbonyl (C=O) groups is 2. The molecule has 2 amide bonds. The fourth-order valence-electron chi connectivity index (χ4n) is 3.44. The number of benzene rings is 2. The lowest BCUT2D eigenvalue weighted by Crippen LogP contribution is -2.39. The highest BCUT2D eigenvalue weighted by Crippen LogP contribution is 2.30. The molecule has 0 bridgehead atoms. The molecule has 4 rings (SSSR count). The number of amides is 2. The van der Waals surface area contributed by atoms with Gasteiger partial charge in [0, 0.05) is 25.6 Å². The molecule has 0 aliphatic carbocycles. The zero-order valence-electron chi connectivity index (χ0n) is 16.6. The average molecular weight is 445 g/mol. The molecule has 9 heteroatoms. The average Bonchev–Trinajstić information content (AvgIpc) is 3.41. The summed E-state index contributed by atoms with van der Waals surface area (Å²) < 4.78 is 33.5. The Morgan fingerprint density at radius 3 is 2.81 bits per heavy atom. The Morgan fingerprint density at radius 2 is 2.06 bits per heavy atom. The minimum absolute atomic E-state index is 0.0111. The maximum atomic E-state index is 13.8. The normalized spacial score (nSPS) is 15.9. The second kappa shape index (κ2) is 9.49. The lowest BCUT2D eigenvalue weighted by molar-refractivity contribution is -0.118. The van der Waals surface area contributed by atoms with Gasteiger partial charge in [0.1, 0.15) is 11.6 Å². The third-order valence-corrected chi connectivity index (χ3v) is 6.08. The maximum Gasteiger partial charge on any atom is 0.254 e. The van der Waals surface area contributed by atoms with Crippen molar-refractivity contribution in [2.75, 3.05) is 24.6 Å². The second-order valence-electron chi connectivity index (χ2n) is 7.23. The Kier molecular flexibility index (Phi) is 6.53. The van der Waals surface area contributed by atoms with Gasteiger partial charge in [-0.3, -0.25) is 14.5 Å². The van der Waals surface area contributed by atoms with Gasteiger partial charge in [-0.2, -0.15) is 0 Å². The molecule has 3 aromatic rings. The molecule has 1 aromatic heterocycles. The van der Waals surface area contributed by atoms with Gasteiger partial charge in [-0.05, 0) is 37.1 Å². The Labute approximate surface area is 181 Å². The zero-order chi connectivity index (χ0) is 21.8. The number of rotatable bonds is 7. The van der Waals surface area contributed by atoms with Crippen LogP contribution in [0.15, 0.2) is 42.5 Å². The van der Waals surface area contributed by atoms with E-state index in [4.69, 9.17) is 4.74 Å². The molecular formula is C22H21F2N3O3S. The molecule has 2 heterocycles. The molecule has 2 aromatic carbocycles. The monoisotopic (exact) mass is 445 g/mol. The molecule has 162 valence electrons. The summed E-state index contributed by atoms with van der Waals surface area (Å²) in [6, 6.07) is 10.4. The molecule has 1 aliphatic heterocycles. The quantitative estimate of drug-likeness (QED) is 0.599. The van der Waals surface area contributed by atoms with Crippen LogP contribution < -0.4 is 10.2 Å². The van der Waals surface area contributed by atoms with E-state index in [0.29, 0.717) is 24.3 Å². The number of halogens is 2. The van der Waals surface area contributed by atoms with Crippen molar-refractivity contribution < 1.29 is 23.1 Å². The van der Waals surface area contributed by atoms with Crippen LogP contribution in [0.4, 0.5) is 13.9 Å². The van der Waals surface area contributed by atoms with Gasteiger partial charge in [0.15, 0.2) is 5.13 Å². The smallest absolute Gasteiger partial charge is 0.254 e. The summed E-state index contributed by atoms with van der Waals surface area (Å²) in [6.45, 7) is 1.08. The Morgan fingerprint density at radius 1 is 1.23 bits per heavy atom. The molecule has 1 atom stereocenters. The van der Waals surface area contributed by atoms with Crippen LogP contribution in [0.1, 0.15) is 29.6 Å². The van der Waals surface area contributed by atoms with Gasteiger partial charge in [-0.1, -0.05) is 23.5 Å². The van der Waals surface area contributed by atoms with E-state index in [9.17, 15) is 18.4 Å². The van der Waals surface area contributed by atoms with Gasteiger partial charge in [0.25, 0.3) is 5.91 Å². The number of carbonyl (C=O) groups excluding carboxylic acids is 2. The highest BCUT2D eigenvalue weighted by atomic mass is 32.1. The van der Waals surface area contributed by atoms with E-state index in [0.717, 1.165) is 35.2 Å². The molecule has 1 saturated heterocycles.